The fourth-order valence-electron chi connectivity index (χ4n) is 2.64. The summed E-state index contributed by atoms with van der Waals surface area (Å²) in [4.78, 5) is 0. The quantitative estimate of drug-likeness (QED) is 0.816. The number of nitrogens with one attached hydrogen (secondary N) is 1. The highest BCUT2D eigenvalue weighted by molar-refractivity contribution is 5.46. The van der Waals surface area contributed by atoms with Gasteiger partial charge in [-0.25, -0.2) is 0 Å². The van der Waals surface area contributed by atoms with Crippen molar-refractivity contribution in [3.8, 4) is 5.75 Å². The molecule has 0 aromatic heterocycles. The van der Waals surface area contributed by atoms with E-state index in [0.29, 0.717) is 11.8 Å². The average molecular weight is 205 g/mol. The van der Waals surface area contributed by atoms with Crippen molar-refractivity contribution in [2.24, 2.45) is 5.92 Å². The van der Waals surface area contributed by atoms with Crippen LogP contribution < -0.4 is 10.1 Å². The smallest absolute Gasteiger partial charge is 0.122 e. The highest BCUT2D eigenvalue weighted by Crippen LogP contribution is 2.41. The summed E-state index contributed by atoms with van der Waals surface area (Å²) in [6.45, 7) is 3.38. The molecule has 0 amide bonds. The Balaban J connectivity index is 2.37. The van der Waals surface area contributed by atoms with E-state index in [4.69, 9.17) is 4.74 Å². The summed E-state index contributed by atoms with van der Waals surface area (Å²) in [5.41, 5.74) is 2.88. The third-order valence-corrected chi connectivity index (χ3v) is 3.43. The molecule has 0 radical (unpaired) electrons. The first-order chi connectivity index (χ1) is 7.27. The lowest BCUT2D eigenvalue weighted by atomic mass is 9.94. The first kappa shape index (κ1) is 10.5. The predicted octanol–water partition coefficient (Wildman–Crippen LogP) is 2.19. The summed E-state index contributed by atoms with van der Waals surface area (Å²) >= 11 is 0. The van der Waals surface area contributed by atoms with Gasteiger partial charge < -0.3 is 10.1 Å². The van der Waals surface area contributed by atoms with Crippen LogP contribution in [0.25, 0.3) is 0 Å². The maximum absolute atomic E-state index is 5.41. The topological polar surface area (TPSA) is 21.3 Å². The van der Waals surface area contributed by atoms with Gasteiger partial charge in [-0.1, -0.05) is 19.1 Å². The van der Waals surface area contributed by atoms with Crippen LogP contribution in [0, 0.1) is 5.92 Å². The van der Waals surface area contributed by atoms with Crippen LogP contribution in [-0.4, -0.2) is 20.7 Å². The van der Waals surface area contributed by atoms with Gasteiger partial charge in [0.2, 0.25) is 0 Å². The van der Waals surface area contributed by atoms with E-state index in [9.17, 15) is 0 Å². The minimum Gasteiger partial charge on any atom is -0.496 e. The SMILES string of the molecule is CNCC1c2cccc(OC)c2CC1C. The van der Waals surface area contributed by atoms with E-state index < -0.39 is 0 Å². The van der Waals surface area contributed by atoms with Gasteiger partial charge in [0.15, 0.2) is 0 Å². The summed E-state index contributed by atoms with van der Waals surface area (Å²) in [6, 6.07) is 6.40. The molecule has 2 unspecified atom stereocenters. The molecule has 1 aromatic carbocycles. The van der Waals surface area contributed by atoms with Crippen molar-refractivity contribution >= 4 is 0 Å². The predicted molar refractivity (Wildman–Crippen MR) is 62.5 cm³/mol. The third kappa shape index (κ3) is 1.74. The Morgan fingerprint density at radius 3 is 2.93 bits per heavy atom. The van der Waals surface area contributed by atoms with E-state index in [2.05, 4.69) is 30.4 Å². The molecular formula is C13H19NO. The van der Waals surface area contributed by atoms with Crippen molar-refractivity contribution in [1.82, 2.24) is 5.32 Å². The molecular weight excluding hydrogens is 186 g/mol. The second-order valence-corrected chi connectivity index (χ2v) is 4.37. The van der Waals surface area contributed by atoms with E-state index in [1.165, 1.54) is 11.1 Å². The van der Waals surface area contributed by atoms with E-state index in [0.717, 1.165) is 18.7 Å². The molecule has 0 fully saturated rings. The van der Waals surface area contributed by atoms with Gasteiger partial charge >= 0.3 is 0 Å². The minimum atomic E-state index is 0.639. The van der Waals surface area contributed by atoms with E-state index in [1.807, 2.05) is 7.05 Å². The molecule has 15 heavy (non-hydrogen) atoms. The molecule has 0 saturated carbocycles. The van der Waals surface area contributed by atoms with Crippen molar-refractivity contribution in [3.63, 3.8) is 0 Å². The van der Waals surface area contributed by atoms with Crippen LogP contribution in [0.4, 0.5) is 0 Å². The Kier molecular flexibility index (Phi) is 2.96. The normalized spacial score (nSPS) is 23.9. The largest absolute Gasteiger partial charge is 0.496 e. The summed E-state index contributed by atoms with van der Waals surface area (Å²) in [6.07, 6.45) is 1.14. The van der Waals surface area contributed by atoms with Crippen molar-refractivity contribution in [3.05, 3.63) is 29.3 Å². The molecule has 0 spiro atoms. The molecule has 2 heteroatoms. The van der Waals surface area contributed by atoms with Gasteiger partial charge in [-0.2, -0.15) is 0 Å². The molecule has 0 heterocycles. The lowest BCUT2D eigenvalue weighted by Gasteiger charge is -2.15. The van der Waals surface area contributed by atoms with Crippen molar-refractivity contribution < 1.29 is 4.74 Å². The molecule has 1 aliphatic carbocycles. The Morgan fingerprint density at radius 1 is 1.47 bits per heavy atom. The fraction of sp³-hybridized carbons (Fsp3) is 0.538. The summed E-state index contributed by atoms with van der Waals surface area (Å²) in [7, 11) is 3.77. The standard InChI is InChI=1S/C13H19NO/c1-9-7-11-10(12(9)8-14-2)5-4-6-13(11)15-3/h4-6,9,12,14H,7-8H2,1-3H3. The summed E-state index contributed by atoms with van der Waals surface area (Å²) in [5, 5.41) is 3.28. The van der Waals surface area contributed by atoms with Crippen molar-refractivity contribution in [2.75, 3.05) is 20.7 Å². The average Bonchev–Trinajstić information content (AvgIpc) is 2.56. The van der Waals surface area contributed by atoms with Gasteiger partial charge in [-0.15, -0.1) is 0 Å². The second kappa shape index (κ2) is 4.23. The number of ether oxygens (including phenoxy) is 1. The van der Waals surface area contributed by atoms with E-state index in [-0.39, 0.29) is 0 Å². The zero-order valence-electron chi connectivity index (χ0n) is 9.71. The van der Waals surface area contributed by atoms with Crippen LogP contribution in [-0.2, 0) is 6.42 Å². The molecule has 2 rings (SSSR count). The van der Waals surface area contributed by atoms with Crippen LogP contribution in [0.2, 0.25) is 0 Å². The molecule has 1 N–H and O–H groups in total. The van der Waals surface area contributed by atoms with Gasteiger partial charge in [0.25, 0.3) is 0 Å². The maximum atomic E-state index is 5.41. The number of hydrogen-bond donors (Lipinski definition) is 1. The Labute approximate surface area is 91.6 Å². The van der Waals surface area contributed by atoms with Crippen LogP contribution in [0.15, 0.2) is 18.2 Å². The van der Waals surface area contributed by atoms with Gasteiger partial charge in [0, 0.05) is 6.54 Å². The number of methoxy groups -OCH3 is 1. The zero-order chi connectivity index (χ0) is 10.8. The molecule has 0 aliphatic heterocycles. The van der Waals surface area contributed by atoms with Crippen LogP contribution in [0.1, 0.15) is 24.0 Å². The third-order valence-electron chi connectivity index (χ3n) is 3.43. The monoisotopic (exact) mass is 205 g/mol. The van der Waals surface area contributed by atoms with Crippen LogP contribution in [0.3, 0.4) is 0 Å². The number of likely N-dealkylation sites (N-methyl/N-ethyl adjacent to an activating group) is 1. The van der Waals surface area contributed by atoms with Crippen molar-refractivity contribution in [2.45, 2.75) is 19.3 Å². The Morgan fingerprint density at radius 2 is 2.27 bits per heavy atom. The first-order valence-corrected chi connectivity index (χ1v) is 5.58. The van der Waals surface area contributed by atoms with Crippen LogP contribution in [0.5, 0.6) is 5.75 Å². The lowest BCUT2D eigenvalue weighted by Crippen LogP contribution is -2.19. The number of hydrogen-bond acceptors (Lipinski definition) is 2. The Bertz CT molecular complexity index is 348. The highest BCUT2D eigenvalue weighted by Gasteiger charge is 2.30. The van der Waals surface area contributed by atoms with Crippen molar-refractivity contribution in [1.29, 1.82) is 0 Å². The van der Waals surface area contributed by atoms with Crippen LogP contribution >= 0.6 is 0 Å². The lowest BCUT2D eigenvalue weighted by molar-refractivity contribution is 0.408. The molecule has 2 nitrogen and oxygen atoms in total. The molecule has 2 atom stereocenters. The molecule has 0 bridgehead atoms. The zero-order valence-corrected chi connectivity index (χ0v) is 9.71. The minimum absolute atomic E-state index is 0.639. The Hall–Kier alpha value is -1.02. The molecule has 1 aromatic rings. The van der Waals surface area contributed by atoms with E-state index in [1.54, 1.807) is 7.11 Å². The summed E-state index contributed by atoms with van der Waals surface area (Å²) < 4.78 is 5.41. The number of fused-ring (bicyclic) bond motifs is 1. The van der Waals surface area contributed by atoms with E-state index >= 15 is 0 Å². The first-order valence-electron chi connectivity index (χ1n) is 5.58. The maximum Gasteiger partial charge on any atom is 0.122 e. The van der Waals surface area contributed by atoms with Gasteiger partial charge in [0.1, 0.15) is 5.75 Å². The van der Waals surface area contributed by atoms with Gasteiger partial charge in [-0.3, -0.25) is 0 Å². The van der Waals surface area contributed by atoms with Gasteiger partial charge in [-0.05, 0) is 42.5 Å². The van der Waals surface area contributed by atoms with Gasteiger partial charge in [0.05, 0.1) is 7.11 Å². The molecule has 0 saturated heterocycles. The molecule has 82 valence electrons. The molecule has 1 aliphatic rings. The second-order valence-electron chi connectivity index (χ2n) is 4.37. The number of rotatable bonds is 3. The summed E-state index contributed by atoms with van der Waals surface area (Å²) in [5.74, 6) is 2.40. The highest BCUT2D eigenvalue weighted by atomic mass is 16.5. The number of benzene rings is 1. The fourth-order valence-corrected chi connectivity index (χ4v) is 2.64.